The molecule has 0 fully saturated rings. The molecule has 0 N–H and O–H groups in total. The first-order valence-corrected chi connectivity index (χ1v) is 4.54. The summed E-state index contributed by atoms with van der Waals surface area (Å²) >= 11 is 0. The van der Waals surface area contributed by atoms with E-state index in [2.05, 4.69) is 6.58 Å². The van der Waals surface area contributed by atoms with Crippen molar-refractivity contribution in [2.75, 3.05) is 6.61 Å². The zero-order valence-corrected chi connectivity index (χ0v) is 8.19. The fourth-order valence-electron chi connectivity index (χ4n) is 1.19. The van der Waals surface area contributed by atoms with Crippen LogP contribution in [0.2, 0.25) is 0 Å². The third kappa shape index (κ3) is 2.46. The molecule has 1 unspecified atom stereocenters. The lowest BCUT2D eigenvalue weighted by atomic mass is 10.0. The van der Waals surface area contributed by atoms with E-state index in [0.29, 0.717) is 6.61 Å². The predicted molar refractivity (Wildman–Crippen MR) is 56.2 cm³/mol. The second-order valence-electron chi connectivity index (χ2n) is 2.83. The van der Waals surface area contributed by atoms with Gasteiger partial charge in [0.1, 0.15) is 5.75 Å². The molecule has 0 aliphatic carbocycles. The maximum Gasteiger partial charge on any atom is 0.210 e. The minimum absolute atomic E-state index is 0.342. The highest BCUT2D eigenvalue weighted by Crippen LogP contribution is 2.18. The summed E-state index contributed by atoms with van der Waals surface area (Å²) < 4.78 is 5.28. The van der Waals surface area contributed by atoms with E-state index < -0.39 is 0 Å². The molecule has 0 aliphatic heterocycles. The summed E-state index contributed by atoms with van der Waals surface area (Å²) in [5.74, 6) is 0.468. The summed E-state index contributed by atoms with van der Waals surface area (Å²) in [4.78, 5) is 10.5. The van der Waals surface area contributed by atoms with Gasteiger partial charge in [-0.2, -0.15) is 0 Å². The average Bonchev–Trinajstić information content (AvgIpc) is 2.23. The lowest BCUT2D eigenvalue weighted by molar-refractivity contribution is 0.340. The van der Waals surface area contributed by atoms with Crippen LogP contribution in [0.1, 0.15) is 18.4 Å². The molecule has 2 nitrogen and oxygen atoms in total. The Morgan fingerprint density at radius 1 is 1.50 bits per heavy atom. The maximum absolute atomic E-state index is 10.5. The van der Waals surface area contributed by atoms with Crippen molar-refractivity contribution in [1.29, 1.82) is 0 Å². The van der Waals surface area contributed by atoms with Crippen molar-refractivity contribution in [3.8, 4) is 5.75 Å². The number of rotatable bonds is 5. The van der Waals surface area contributed by atoms with Gasteiger partial charge in [-0.1, -0.05) is 18.2 Å². The van der Waals surface area contributed by atoms with Gasteiger partial charge in [0.25, 0.3) is 0 Å². The van der Waals surface area contributed by atoms with Crippen LogP contribution in [0, 0.1) is 0 Å². The topological polar surface area (TPSA) is 26.3 Å². The van der Waals surface area contributed by atoms with Crippen LogP contribution < -0.4 is 4.74 Å². The van der Waals surface area contributed by atoms with E-state index in [-0.39, 0.29) is 5.92 Å². The van der Waals surface area contributed by atoms with E-state index in [4.69, 9.17) is 4.74 Å². The summed E-state index contributed by atoms with van der Waals surface area (Å²) in [5.41, 5.74) is 0.887. The molecule has 0 aliphatic rings. The Labute approximate surface area is 84.2 Å². The molecule has 2 heteroatoms. The SMILES string of the molecule is C=CC([C]=O)c1ccc(OCC)cc1. The molecule has 0 saturated carbocycles. The zero-order chi connectivity index (χ0) is 10.4. The molecule has 0 bridgehead atoms. The van der Waals surface area contributed by atoms with Gasteiger partial charge in [0, 0.05) is 0 Å². The molecular formula is C12H13O2. The summed E-state index contributed by atoms with van der Waals surface area (Å²) in [6.45, 7) is 6.15. The van der Waals surface area contributed by atoms with Gasteiger partial charge in [0.2, 0.25) is 6.29 Å². The molecule has 0 saturated heterocycles. The highest BCUT2D eigenvalue weighted by molar-refractivity contribution is 5.65. The van der Waals surface area contributed by atoms with Crippen LogP contribution in [-0.2, 0) is 4.79 Å². The quantitative estimate of drug-likeness (QED) is 0.665. The normalized spacial score (nSPS) is 11.8. The Kier molecular flexibility index (Phi) is 3.92. The van der Waals surface area contributed by atoms with Crippen LogP contribution in [0.4, 0.5) is 0 Å². The van der Waals surface area contributed by atoms with Crippen molar-refractivity contribution in [3.63, 3.8) is 0 Å². The maximum atomic E-state index is 10.5. The van der Waals surface area contributed by atoms with Crippen molar-refractivity contribution in [1.82, 2.24) is 0 Å². The number of ether oxygens (including phenoxy) is 1. The number of benzene rings is 1. The Morgan fingerprint density at radius 3 is 2.57 bits per heavy atom. The van der Waals surface area contributed by atoms with Crippen molar-refractivity contribution >= 4 is 6.29 Å². The molecule has 0 heterocycles. The lowest BCUT2D eigenvalue weighted by Gasteiger charge is -2.06. The van der Waals surface area contributed by atoms with E-state index in [1.54, 1.807) is 6.08 Å². The fourth-order valence-corrected chi connectivity index (χ4v) is 1.19. The molecular weight excluding hydrogens is 176 g/mol. The number of hydrogen-bond donors (Lipinski definition) is 0. The predicted octanol–water partition coefficient (Wildman–Crippen LogP) is 2.46. The summed E-state index contributed by atoms with van der Waals surface area (Å²) in [7, 11) is 0. The number of carbonyl (C=O) groups excluding carboxylic acids is 1. The van der Waals surface area contributed by atoms with E-state index in [1.807, 2.05) is 37.5 Å². The Bertz CT molecular complexity index is 293. The summed E-state index contributed by atoms with van der Waals surface area (Å²) in [6, 6.07) is 7.38. The highest BCUT2D eigenvalue weighted by Gasteiger charge is 2.06. The summed E-state index contributed by atoms with van der Waals surface area (Å²) in [5, 5.41) is 0. The lowest BCUT2D eigenvalue weighted by Crippen LogP contribution is -1.96. The molecule has 0 amide bonds. The van der Waals surface area contributed by atoms with E-state index in [1.165, 1.54) is 0 Å². The first-order valence-electron chi connectivity index (χ1n) is 4.54. The standard InChI is InChI=1S/C12H13O2/c1-3-10(9-13)11-5-7-12(8-6-11)14-4-2/h3,5-8,10H,1,4H2,2H3. The molecule has 1 radical (unpaired) electrons. The second kappa shape index (κ2) is 5.22. The van der Waals surface area contributed by atoms with Gasteiger partial charge in [-0.15, -0.1) is 6.58 Å². The molecule has 1 aromatic rings. The summed E-state index contributed by atoms with van der Waals surface area (Å²) in [6.07, 6.45) is 3.48. The van der Waals surface area contributed by atoms with Crippen molar-refractivity contribution in [2.24, 2.45) is 0 Å². The number of hydrogen-bond acceptors (Lipinski definition) is 2. The Morgan fingerprint density at radius 2 is 2.14 bits per heavy atom. The molecule has 1 aromatic carbocycles. The highest BCUT2D eigenvalue weighted by atomic mass is 16.5. The van der Waals surface area contributed by atoms with Gasteiger partial charge in [0.05, 0.1) is 12.5 Å². The van der Waals surface area contributed by atoms with Crippen LogP contribution in [0.3, 0.4) is 0 Å². The van der Waals surface area contributed by atoms with Gasteiger partial charge in [-0.05, 0) is 24.6 Å². The van der Waals surface area contributed by atoms with Gasteiger partial charge in [-0.25, -0.2) is 0 Å². The minimum atomic E-state index is -0.342. The van der Waals surface area contributed by atoms with Crippen LogP contribution >= 0.6 is 0 Å². The van der Waals surface area contributed by atoms with Gasteiger partial charge in [0.15, 0.2) is 0 Å². The number of allylic oxidation sites excluding steroid dienone is 1. The van der Waals surface area contributed by atoms with Crippen molar-refractivity contribution in [2.45, 2.75) is 12.8 Å². The molecule has 0 spiro atoms. The van der Waals surface area contributed by atoms with Crippen LogP contribution in [-0.4, -0.2) is 12.9 Å². The van der Waals surface area contributed by atoms with Crippen molar-refractivity contribution < 1.29 is 9.53 Å². The molecule has 1 atom stereocenters. The van der Waals surface area contributed by atoms with E-state index in [9.17, 15) is 4.79 Å². The molecule has 14 heavy (non-hydrogen) atoms. The third-order valence-corrected chi connectivity index (χ3v) is 1.91. The fraction of sp³-hybridized carbons (Fsp3) is 0.250. The van der Waals surface area contributed by atoms with Gasteiger partial charge >= 0.3 is 0 Å². The second-order valence-corrected chi connectivity index (χ2v) is 2.83. The Hall–Kier alpha value is -1.57. The smallest absolute Gasteiger partial charge is 0.210 e. The first-order chi connectivity index (χ1) is 6.81. The average molecular weight is 189 g/mol. The van der Waals surface area contributed by atoms with Gasteiger partial charge in [-0.3, -0.25) is 4.79 Å². The van der Waals surface area contributed by atoms with Crippen LogP contribution in [0.5, 0.6) is 5.75 Å². The van der Waals surface area contributed by atoms with Crippen molar-refractivity contribution in [3.05, 3.63) is 42.5 Å². The molecule has 0 aromatic heterocycles. The minimum Gasteiger partial charge on any atom is -0.494 e. The van der Waals surface area contributed by atoms with E-state index >= 15 is 0 Å². The monoisotopic (exact) mass is 189 g/mol. The molecule has 1 rings (SSSR count). The van der Waals surface area contributed by atoms with Crippen LogP contribution in [0.25, 0.3) is 0 Å². The van der Waals surface area contributed by atoms with E-state index in [0.717, 1.165) is 11.3 Å². The third-order valence-electron chi connectivity index (χ3n) is 1.91. The van der Waals surface area contributed by atoms with Crippen LogP contribution in [0.15, 0.2) is 36.9 Å². The molecule has 73 valence electrons. The largest absolute Gasteiger partial charge is 0.494 e. The zero-order valence-electron chi connectivity index (χ0n) is 8.19. The first kappa shape index (κ1) is 10.5. The van der Waals surface area contributed by atoms with Gasteiger partial charge < -0.3 is 4.74 Å². The Balaban J connectivity index is 2.81.